The molecule has 2 N–H and O–H groups in total. The first-order valence-electron chi connectivity index (χ1n) is 9.37. The van der Waals surface area contributed by atoms with Crippen molar-refractivity contribution < 1.29 is 9.47 Å². The van der Waals surface area contributed by atoms with Gasteiger partial charge in [-0.3, -0.25) is 4.99 Å². The molecule has 1 aliphatic rings. The van der Waals surface area contributed by atoms with Gasteiger partial charge in [0.2, 0.25) is 0 Å². The zero-order valence-electron chi connectivity index (χ0n) is 16.2. The van der Waals surface area contributed by atoms with Crippen molar-refractivity contribution in [2.24, 2.45) is 4.99 Å². The largest absolute Gasteiger partial charge is 0.497 e. The highest BCUT2D eigenvalue weighted by Crippen LogP contribution is 2.30. The predicted molar refractivity (Wildman–Crippen MR) is 110 cm³/mol. The molecule has 0 amide bonds. The van der Waals surface area contributed by atoms with Gasteiger partial charge in [0.25, 0.3) is 0 Å². The molecule has 146 valence electrons. The zero-order chi connectivity index (χ0) is 19.1. The van der Waals surface area contributed by atoms with Crippen LogP contribution in [0.2, 0.25) is 0 Å². The van der Waals surface area contributed by atoms with E-state index in [9.17, 15) is 0 Å². The van der Waals surface area contributed by atoms with Crippen molar-refractivity contribution in [1.82, 2.24) is 15.6 Å². The van der Waals surface area contributed by atoms with Crippen LogP contribution in [0.4, 0.5) is 0 Å². The van der Waals surface area contributed by atoms with Gasteiger partial charge in [-0.1, -0.05) is 0 Å². The Morgan fingerprint density at radius 1 is 1.26 bits per heavy atom. The van der Waals surface area contributed by atoms with Crippen molar-refractivity contribution in [3.8, 4) is 11.5 Å². The standard InChI is InChI=1S/C20H28N4O2S/c1-14-11-22-19(27-14)13-24-20(21-2)23-12-15-8-9-17(25-3)10-18(15)26-16-6-4-5-7-16/h8-11,16H,4-7,12-13H2,1-3H3,(H2,21,23,24). The number of methoxy groups -OCH3 is 1. The van der Waals surface area contributed by atoms with Gasteiger partial charge in [0.15, 0.2) is 5.96 Å². The highest BCUT2D eigenvalue weighted by atomic mass is 32.1. The lowest BCUT2D eigenvalue weighted by atomic mass is 10.2. The van der Waals surface area contributed by atoms with E-state index in [4.69, 9.17) is 9.47 Å². The zero-order valence-corrected chi connectivity index (χ0v) is 17.1. The first-order chi connectivity index (χ1) is 13.2. The lowest BCUT2D eigenvalue weighted by molar-refractivity contribution is 0.207. The molecule has 1 fully saturated rings. The Labute approximate surface area is 165 Å². The molecule has 0 radical (unpaired) electrons. The molecule has 1 aromatic carbocycles. The maximum atomic E-state index is 6.26. The number of hydrogen-bond acceptors (Lipinski definition) is 5. The van der Waals surface area contributed by atoms with E-state index >= 15 is 0 Å². The number of ether oxygens (including phenoxy) is 2. The summed E-state index contributed by atoms with van der Waals surface area (Å²) < 4.78 is 11.6. The number of hydrogen-bond donors (Lipinski definition) is 2. The first kappa shape index (κ1) is 19.5. The molecule has 27 heavy (non-hydrogen) atoms. The van der Waals surface area contributed by atoms with Crippen LogP contribution in [0.15, 0.2) is 29.4 Å². The molecule has 3 rings (SSSR count). The Kier molecular flexibility index (Phi) is 6.92. The van der Waals surface area contributed by atoms with Gasteiger partial charge in [0, 0.05) is 36.3 Å². The van der Waals surface area contributed by atoms with Gasteiger partial charge >= 0.3 is 0 Å². The summed E-state index contributed by atoms with van der Waals surface area (Å²) in [5.74, 6) is 2.44. The molecule has 1 aliphatic carbocycles. The van der Waals surface area contributed by atoms with Crippen LogP contribution in [0.1, 0.15) is 41.1 Å². The SMILES string of the molecule is CN=C(NCc1ncc(C)s1)NCc1ccc(OC)cc1OC1CCCC1. The van der Waals surface area contributed by atoms with E-state index < -0.39 is 0 Å². The summed E-state index contributed by atoms with van der Waals surface area (Å²) in [5.41, 5.74) is 1.09. The Bertz CT molecular complexity index is 769. The predicted octanol–water partition coefficient (Wildman–Crippen LogP) is 3.65. The fourth-order valence-electron chi connectivity index (χ4n) is 3.15. The van der Waals surface area contributed by atoms with Crippen LogP contribution >= 0.6 is 11.3 Å². The molecule has 0 aliphatic heterocycles. The fourth-order valence-corrected chi connectivity index (χ4v) is 3.87. The number of guanidine groups is 1. The summed E-state index contributed by atoms with van der Waals surface area (Å²) in [6, 6.07) is 5.99. The Morgan fingerprint density at radius 2 is 2.04 bits per heavy atom. The molecule has 2 aromatic rings. The number of nitrogens with zero attached hydrogens (tertiary/aromatic N) is 2. The van der Waals surface area contributed by atoms with Crippen LogP contribution in [-0.2, 0) is 13.1 Å². The van der Waals surface area contributed by atoms with Gasteiger partial charge in [0.1, 0.15) is 16.5 Å². The minimum atomic E-state index is 0.307. The smallest absolute Gasteiger partial charge is 0.191 e. The third-order valence-corrected chi connectivity index (χ3v) is 5.53. The number of nitrogens with one attached hydrogen (secondary N) is 2. The third kappa shape index (κ3) is 5.60. The minimum Gasteiger partial charge on any atom is -0.497 e. The summed E-state index contributed by atoms with van der Waals surface area (Å²) in [6.07, 6.45) is 6.94. The van der Waals surface area contributed by atoms with Crippen molar-refractivity contribution >= 4 is 17.3 Å². The molecule has 0 unspecified atom stereocenters. The summed E-state index contributed by atoms with van der Waals surface area (Å²) in [5, 5.41) is 7.71. The normalized spacial score (nSPS) is 15.0. The van der Waals surface area contributed by atoms with Gasteiger partial charge in [-0.05, 0) is 44.7 Å². The van der Waals surface area contributed by atoms with E-state index in [-0.39, 0.29) is 0 Å². The molecular weight excluding hydrogens is 360 g/mol. The molecular formula is C20H28N4O2S. The van der Waals surface area contributed by atoms with E-state index in [1.807, 2.05) is 24.4 Å². The number of rotatable bonds is 7. The van der Waals surface area contributed by atoms with Crippen molar-refractivity contribution in [1.29, 1.82) is 0 Å². The number of benzene rings is 1. The average Bonchev–Trinajstić information content (AvgIpc) is 3.34. The number of aliphatic imine (C=N–C) groups is 1. The molecule has 0 atom stereocenters. The maximum absolute atomic E-state index is 6.26. The molecule has 6 nitrogen and oxygen atoms in total. The summed E-state index contributed by atoms with van der Waals surface area (Å²) in [4.78, 5) is 9.88. The monoisotopic (exact) mass is 388 g/mol. The number of thiazole rings is 1. The van der Waals surface area contributed by atoms with Crippen LogP contribution < -0.4 is 20.1 Å². The first-order valence-corrected chi connectivity index (χ1v) is 10.2. The van der Waals surface area contributed by atoms with E-state index in [0.717, 1.165) is 40.9 Å². The summed E-state index contributed by atoms with van der Waals surface area (Å²) in [6.45, 7) is 3.35. The Hall–Kier alpha value is -2.28. The lowest BCUT2D eigenvalue weighted by Crippen LogP contribution is -2.36. The second-order valence-electron chi connectivity index (χ2n) is 6.64. The fraction of sp³-hybridized carbons (Fsp3) is 0.500. The number of aromatic nitrogens is 1. The van der Waals surface area contributed by atoms with Gasteiger partial charge in [0.05, 0.1) is 19.8 Å². The Balaban J connectivity index is 1.60. The van der Waals surface area contributed by atoms with Crippen LogP contribution in [0.3, 0.4) is 0 Å². The van der Waals surface area contributed by atoms with E-state index in [1.165, 1.54) is 17.7 Å². The lowest BCUT2D eigenvalue weighted by Gasteiger charge is -2.18. The van der Waals surface area contributed by atoms with Gasteiger partial charge < -0.3 is 20.1 Å². The van der Waals surface area contributed by atoms with Crippen molar-refractivity contribution in [2.45, 2.75) is 51.8 Å². The van der Waals surface area contributed by atoms with Crippen LogP contribution in [0.5, 0.6) is 11.5 Å². The van der Waals surface area contributed by atoms with E-state index in [2.05, 4.69) is 27.5 Å². The second-order valence-corrected chi connectivity index (χ2v) is 7.96. The summed E-state index contributed by atoms with van der Waals surface area (Å²) >= 11 is 1.69. The second kappa shape index (κ2) is 9.60. The van der Waals surface area contributed by atoms with Crippen LogP contribution in [0.25, 0.3) is 0 Å². The molecule has 0 bridgehead atoms. The van der Waals surface area contributed by atoms with Crippen LogP contribution in [0, 0.1) is 6.92 Å². The van der Waals surface area contributed by atoms with E-state index in [1.54, 1.807) is 25.5 Å². The Morgan fingerprint density at radius 3 is 2.70 bits per heavy atom. The molecule has 1 saturated carbocycles. The minimum absolute atomic E-state index is 0.307. The summed E-state index contributed by atoms with van der Waals surface area (Å²) in [7, 11) is 3.45. The van der Waals surface area contributed by atoms with Gasteiger partial charge in [-0.15, -0.1) is 11.3 Å². The van der Waals surface area contributed by atoms with Crippen molar-refractivity contribution in [3.63, 3.8) is 0 Å². The number of aryl methyl sites for hydroxylation is 1. The van der Waals surface area contributed by atoms with E-state index in [0.29, 0.717) is 19.2 Å². The van der Waals surface area contributed by atoms with Crippen molar-refractivity contribution in [2.75, 3.05) is 14.2 Å². The molecule has 1 aromatic heterocycles. The molecule has 0 saturated heterocycles. The highest BCUT2D eigenvalue weighted by Gasteiger charge is 2.18. The quantitative estimate of drug-likeness (QED) is 0.560. The van der Waals surface area contributed by atoms with Gasteiger partial charge in [-0.25, -0.2) is 4.98 Å². The van der Waals surface area contributed by atoms with Crippen LogP contribution in [-0.4, -0.2) is 31.2 Å². The highest BCUT2D eigenvalue weighted by molar-refractivity contribution is 7.11. The van der Waals surface area contributed by atoms with Gasteiger partial charge in [-0.2, -0.15) is 0 Å². The molecule has 0 spiro atoms. The average molecular weight is 389 g/mol. The molecule has 7 heteroatoms. The van der Waals surface area contributed by atoms with Crippen molar-refractivity contribution in [3.05, 3.63) is 39.8 Å². The maximum Gasteiger partial charge on any atom is 0.191 e. The topological polar surface area (TPSA) is 67.8 Å². The third-order valence-electron chi connectivity index (χ3n) is 4.62. The molecule has 1 heterocycles.